The van der Waals surface area contributed by atoms with E-state index in [9.17, 15) is 0 Å². The Balaban J connectivity index is 2.25. The van der Waals surface area contributed by atoms with E-state index >= 15 is 0 Å². The zero-order chi connectivity index (χ0) is 12.5. The second kappa shape index (κ2) is 8.30. The first-order valence-corrected chi connectivity index (χ1v) is 7.05. The summed E-state index contributed by atoms with van der Waals surface area (Å²) in [7, 11) is 0. The third kappa shape index (κ3) is 5.36. The molecule has 0 aliphatic rings. The first-order chi connectivity index (χ1) is 8.27. The van der Waals surface area contributed by atoms with E-state index in [1.54, 1.807) is 0 Å². The minimum absolute atomic E-state index is 0.691. The largest absolute Gasteiger partial charge is 0.314 e. The molecular weight excluding hydrogens is 206 g/mol. The van der Waals surface area contributed by atoms with Crippen molar-refractivity contribution in [2.45, 2.75) is 52.5 Å². The summed E-state index contributed by atoms with van der Waals surface area (Å²) in [5.74, 6) is 0.781. The van der Waals surface area contributed by atoms with E-state index < -0.39 is 0 Å². The molecule has 96 valence electrons. The molecule has 1 heteroatoms. The normalized spacial score (nSPS) is 14.5. The monoisotopic (exact) mass is 233 g/mol. The second-order valence-corrected chi connectivity index (χ2v) is 4.93. The van der Waals surface area contributed by atoms with Gasteiger partial charge in [0.05, 0.1) is 0 Å². The molecule has 2 atom stereocenters. The molecule has 0 saturated carbocycles. The average molecular weight is 233 g/mol. The Labute approximate surface area is 107 Å². The van der Waals surface area contributed by atoms with Gasteiger partial charge in [-0.2, -0.15) is 0 Å². The second-order valence-electron chi connectivity index (χ2n) is 4.93. The summed E-state index contributed by atoms with van der Waals surface area (Å²) in [6.45, 7) is 7.93. The predicted octanol–water partition coefficient (Wildman–Crippen LogP) is 4.03. The maximum atomic E-state index is 3.58. The van der Waals surface area contributed by atoms with Gasteiger partial charge in [-0.3, -0.25) is 0 Å². The Morgan fingerprint density at radius 2 is 1.82 bits per heavy atom. The Hall–Kier alpha value is -0.820. The molecule has 1 rings (SSSR count). The van der Waals surface area contributed by atoms with Gasteiger partial charge in [-0.05, 0) is 43.7 Å². The molecule has 1 nitrogen and oxygen atoms in total. The van der Waals surface area contributed by atoms with Crippen LogP contribution >= 0.6 is 0 Å². The lowest BCUT2D eigenvalue weighted by atomic mass is 9.93. The van der Waals surface area contributed by atoms with Crippen molar-refractivity contribution < 1.29 is 0 Å². The molecule has 0 fully saturated rings. The summed E-state index contributed by atoms with van der Waals surface area (Å²) in [5.41, 5.74) is 1.47. The van der Waals surface area contributed by atoms with E-state index in [-0.39, 0.29) is 0 Å². The van der Waals surface area contributed by atoms with E-state index in [4.69, 9.17) is 0 Å². The topological polar surface area (TPSA) is 12.0 Å². The van der Waals surface area contributed by atoms with Crippen molar-refractivity contribution in [2.24, 2.45) is 5.92 Å². The molecule has 0 aromatic heterocycles. The summed E-state index contributed by atoms with van der Waals surface area (Å²) in [6.07, 6.45) is 5.07. The number of nitrogens with one attached hydrogen (secondary N) is 1. The van der Waals surface area contributed by atoms with Gasteiger partial charge in [0.15, 0.2) is 0 Å². The minimum Gasteiger partial charge on any atom is -0.314 e. The quantitative estimate of drug-likeness (QED) is 0.714. The van der Waals surface area contributed by atoms with Crippen LogP contribution in [0.3, 0.4) is 0 Å². The molecule has 17 heavy (non-hydrogen) atoms. The fourth-order valence-electron chi connectivity index (χ4n) is 2.48. The minimum atomic E-state index is 0.691. The first kappa shape index (κ1) is 14.2. The Morgan fingerprint density at radius 3 is 2.41 bits per heavy atom. The smallest absolute Gasteiger partial charge is 0.00899 e. The van der Waals surface area contributed by atoms with Gasteiger partial charge in [0.1, 0.15) is 0 Å². The van der Waals surface area contributed by atoms with Crippen LogP contribution in [0.2, 0.25) is 0 Å². The van der Waals surface area contributed by atoms with Gasteiger partial charge in [0, 0.05) is 6.04 Å². The van der Waals surface area contributed by atoms with Gasteiger partial charge >= 0.3 is 0 Å². The zero-order valence-corrected chi connectivity index (χ0v) is 11.6. The zero-order valence-electron chi connectivity index (χ0n) is 11.6. The van der Waals surface area contributed by atoms with Crippen LogP contribution in [-0.4, -0.2) is 12.6 Å². The number of hydrogen-bond donors (Lipinski definition) is 1. The van der Waals surface area contributed by atoms with Gasteiger partial charge in [-0.1, -0.05) is 51.1 Å². The molecule has 0 aliphatic heterocycles. The van der Waals surface area contributed by atoms with Crippen molar-refractivity contribution in [3.05, 3.63) is 35.9 Å². The lowest BCUT2D eigenvalue weighted by Crippen LogP contribution is -2.34. The molecule has 1 N–H and O–H groups in total. The van der Waals surface area contributed by atoms with Crippen LogP contribution in [0.15, 0.2) is 30.3 Å². The lowest BCUT2D eigenvalue weighted by molar-refractivity contribution is 0.347. The first-order valence-electron chi connectivity index (χ1n) is 7.05. The molecule has 0 saturated heterocycles. The number of hydrogen-bond acceptors (Lipinski definition) is 1. The molecule has 1 aromatic carbocycles. The number of rotatable bonds is 8. The molecule has 0 heterocycles. The van der Waals surface area contributed by atoms with E-state index in [0.717, 1.165) is 12.5 Å². The van der Waals surface area contributed by atoms with Gasteiger partial charge in [0.2, 0.25) is 0 Å². The van der Waals surface area contributed by atoms with E-state index in [2.05, 4.69) is 56.4 Å². The Bertz CT molecular complexity index is 281. The number of benzene rings is 1. The SMILES string of the molecule is CCNC(CC)C(C)CCCc1ccccc1. The van der Waals surface area contributed by atoms with E-state index in [1.807, 2.05) is 0 Å². The molecule has 0 aliphatic carbocycles. The van der Waals surface area contributed by atoms with Gasteiger partial charge < -0.3 is 5.32 Å². The van der Waals surface area contributed by atoms with Crippen molar-refractivity contribution in [2.75, 3.05) is 6.54 Å². The van der Waals surface area contributed by atoms with Crippen molar-refractivity contribution >= 4 is 0 Å². The summed E-state index contributed by atoms with van der Waals surface area (Å²) >= 11 is 0. The van der Waals surface area contributed by atoms with Crippen LogP contribution in [0.25, 0.3) is 0 Å². The van der Waals surface area contributed by atoms with Crippen LogP contribution in [0.1, 0.15) is 45.6 Å². The molecule has 0 spiro atoms. The predicted molar refractivity (Wildman–Crippen MR) is 76.3 cm³/mol. The highest BCUT2D eigenvalue weighted by Gasteiger charge is 2.13. The highest BCUT2D eigenvalue weighted by atomic mass is 14.9. The van der Waals surface area contributed by atoms with Gasteiger partial charge in [0.25, 0.3) is 0 Å². The third-order valence-corrected chi connectivity index (χ3v) is 3.56. The highest BCUT2D eigenvalue weighted by Crippen LogP contribution is 2.15. The van der Waals surface area contributed by atoms with E-state index in [0.29, 0.717) is 6.04 Å². The van der Waals surface area contributed by atoms with Crippen molar-refractivity contribution in [3.63, 3.8) is 0 Å². The Kier molecular flexibility index (Phi) is 6.95. The van der Waals surface area contributed by atoms with Gasteiger partial charge in [-0.25, -0.2) is 0 Å². The fourth-order valence-corrected chi connectivity index (χ4v) is 2.48. The summed E-state index contributed by atoms with van der Waals surface area (Å²) in [6, 6.07) is 11.5. The highest BCUT2D eigenvalue weighted by molar-refractivity contribution is 5.14. The maximum absolute atomic E-state index is 3.58. The summed E-state index contributed by atoms with van der Waals surface area (Å²) < 4.78 is 0. The standard InChI is InChI=1S/C16H27N/c1-4-16(17-5-2)14(3)10-9-13-15-11-7-6-8-12-15/h6-8,11-12,14,16-17H,4-5,9-10,13H2,1-3H3. The average Bonchev–Trinajstić information content (AvgIpc) is 2.37. The molecule has 2 unspecified atom stereocenters. The molecule has 0 amide bonds. The maximum Gasteiger partial charge on any atom is 0.00899 e. The van der Waals surface area contributed by atoms with Crippen LogP contribution in [-0.2, 0) is 6.42 Å². The van der Waals surface area contributed by atoms with Crippen LogP contribution in [0.4, 0.5) is 0 Å². The number of aryl methyl sites for hydroxylation is 1. The summed E-state index contributed by atoms with van der Waals surface area (Å²) in [5, 5.41) is 3.58. The third-order valence-electron chi connectivity index (χ3n) is 3.56. The van der Waals surface area contributed by atoms with Gasteiger partial charge in [-0.15, -0.1) is 0 Å². The molecule has 0 radical (unpaired) electrons. The molecule has 1 aromatic rings. The molecule has 0 bridgehead atoms. The fraction of sp³-hybridized carbons (Fsp3) is 0.625. The van der Waals surface area contributed by atoms with Crippen LogP contribution in [0.5, 0.6) is 0 Å². The van der Waals surface area contributed by atoms with E-state index in [1.165, 1.54) is 31.2 Å². The van der Waals surface area contributed by atoms with Crippen LogP contribution in [0, 0.1) is 5.92 Å². The lowest BCUT2D eigenvalue weighted by Gasteiger charge is -2.23. The van der Waals surface area contributed by atoms with Crippen LogP contribution < -0.4 is 5.32 Å². The molecular formula is C16H27N. The van der Waals surface area contributed by atoms with Crippen molar-refractivity contribution in [1.82, 2.24) is 5.32 Å². The van der Waals surface area contributed by atoms with Crippen molar-refractivity contribution in [1.29, 1.82) is 0 Å². The van der Waals surface area contributed by atoms with Crippen molar-refractivity contribution in [3.8, 4) is 0 Å². The Morgan fingerprint density at radius 1 is 1.12 bits per heavy atom. The summed E-state index contributed by atoms with van der Waals surface area (Å²) in [4.78, 5) is 0.